The van der Waals surface area contributed by atoms with Gasteiger partial charge in [0.2, 0.25) is 0 Å². The first-order chi connectivity index (χ1) is 10.7. The summed E-state index contributed by atoms with van der Waals surface area (Å²) in [7, 11) is 0. The number of nitrogens with one attached hydrogen (secondary N) is 1. The van der Waals surface area contributed by atoms with E-state index < -0.39 is 12.2 Å². The van der Waals surface area contributed by atoms with Gasteiger partial charge < -0.3 is 25.0 Å². The maximum absolute atomic E-state index is 9.67. The highest BCUT2D eigenvalue weighted by molar-refractivity contribution is 5.48. The minimum absolute atomic E-state index is 0.145. The molecule has 1 saturated heterocycles. The third kappa shape index (κ3) is 5.48. The van der Waals surface area contributed by atoms with Crippen molar-refractivity contribution in [3.63, 3.8) is 0 Å². The summed E-state index contributed by atoms with van der Waals surface area (Å²) < 4.78 is 11.2. The second-order valence-electron chi connectivity index (χ2n) is 5.77. The van der Waals surface area contributed by atoms with Crippen molar-refractivity contribution in [2.45, 2.75) is 57.5 Å². The zero-order valence-corrected chi connectivity index (χ0v) is 13.2. The number of unbranched alkanes of at least 4 members (excludes halogenated alkanes) is 3. The lowest BCUT2D eigenvalue weighted by Crippen LogP contribution is -2.44. The molecule has 0 unspecified atom stereocenters. The zero-order chi connectivity index (χ0) is 15.8. The molecule has 1 aromatic rings. The zero-order valence-electron chi connectivity index (χ0n) is 13.2. The van der Waals surface area contributed by atoms with Gasteiger partial charge in [-0.25, -0.2) is 0 Å². The van der Waals surface area contributed by atoms with Crippen molar-refractivity contribution in [2.24, 2.45) is 0 Å². The molecule has 1 heterocycles. The third-order valence-corrected chi connectivity index (χ3v) is 3.80. The molecule has 1 aromatic carbocycles. The van der Waals surface area contributed by atoms with Gasteiger partial charge in [0.25, 0.3) is 0 Å². The van der Waals surface area contributed by atoms with Crippen LogP contribution in [0.2, 0.25) is 0 Å². The lowest BCUT2D eigenvalue weighted by molar-refractivity contribution is -0.112. The van der Waals surface area contributed by atoms with Crippen LogP contribution in [0.3, 0.4) is 0 Å². The number of hydrogen-bond acceptors (Lipinski definition) is 5. The van der Waals surface area contributed by atoms with Crippen LogP contribution >= 0.6 is 0 Å². The van der Waals surface area contributed by atoms with Gasteiger partial charge in [0, 0.05) is 18.2 Å². The van der Waals surface area contributed by atoms with E-state index in [0.717, 1.165) is 24.5 Å². The maximum Gasteiger partial charge on any atom is 0.130 e. The van der Waals surface area contributed by atoms with Gasteiger partial charge in [0.1, 0.15) is 18.1 Å². The molecule has 0 aromatic heterocycles. The Morgan fingerprint density at radius 3 is 2.86 bits per heavy atom. The minimum Gasteiger partial charge on any atom is -0.494 e. The highest BCUT2D eigenvalue weighted by Crippen LogP contribution is 2.21. The number of benzene rings is 1. The second-order valence-corrected chi connectivity index (χ2v) is 5.77. The molecule has 0 amide bonds. The standard InChI is InChI=1S/C17H27NO4/c1-2-3-4-5-9-21-14-8-6-7-13(10-14)18-17-11-15(19)16(20)12-22-17/h6-8,10,15-20H,2-5,9,11-12H2,1H3/t15-,16+,17-/m0/s1. The molecule has 1 aliphatic rings. The van der Waals surface area contributed by atoms with Crippen molar-refractivity contribution in [1.29, 1.82) is 0 Å². The molecule has 0 bridgehead atoms. The van der Waals surface area contributed by atoms with Crippen LogP contribution in [0.15, 0.2) is 24.3 Å². The summed E-state index contributed by atoms with van der Waals surface area (Å²) in [4.78, 5) is 0. The minimum atomic E-state index is -0.796. The Balaban J connectivity index is 1.78. The highest BCUT2D eigenvalue weighted by Gasteiger charge is 2.28. The maximum atomic E-state index is 9.67. The molecule has 124 valence electrons. The average molecular weight is 309 g/mol. The molecule has 1 aliphatic heterocycles. The number of hydrogen-bond donors (Lipinski definition) is 3. The Morgan fingerprint density at radius 2 is 2.09 bits per heavy atom. The topological polar surface area (TPSA) is 71.0 Å². The number of rotatable bonds is 8. The third-order valence-electron chi connectivity index (χ3n) is 3.80. The molecular formula is C17H27NO4. The molecule has 5 heteroatoms. The van der Waals surface area contributed by atoms with E-state index in [0.29, 0.717) is 6.42 Å². The SMILES string of the molecule is CCCCCCOc1cccc(N[C@@H]2C[C@H](O)[C@H](O)CO2)c1. The summed E-state index contributed by atoms with van der Waals surface area (Å²) >= 11 is 0. The molecule has 0 saturated carbocycles. The first-order valence-electron chi connectivity index (χ1n) is 8.16. The molecule has 1 fully saturated rings. The van der Waals surface area contributed by atoms with Crippen molar-refractivity contribution in [1.82, 2.24) is 0 Å². The summed E-state index contributed by atoms with van der Waals surface area (Å²) in [5.74, 6) is 0.831. The Bertz CT molecular complexity index is 440. The van der Waals surface area contributed by atoms with Gasteiger partial charge in [-0.15, -0.1) is 0 Å². The Hall–Kier alpha value is -1.30. The highest BCUT2D eigenvalue weighted by atomic mass is 16.5. The van der Waals surface area contributed by atoms with Crippen molar-refractivity contribution in [2.75, 3.05) is 18.5 Å². The molecule has 3 atom stereocenters. The van der Waals surface area contributed by atoms with E-state index in [1.54, 1.807) is 0 Å². The van der Waals surface area contributed by atoms with E-state index in [2.05, 4.69) is 12.2 Å². The summed E-state index contributed by atoms with van der Waals surface area (Å²) in [6.07, 6.45) is 3.27. The number of aliphatic hydroxyl groups excluding tert-OH is 2. The van der Waals surface area contributed by atoms with Gasteiger partial charge in [-0.1, -0.05) is 32.3 Å². The van der Waals surface area contributed by atoms with Crippen LogP contribution < -0.4 is 10.1 Å². The normalized spacial score (nSPS) is 25.0. The van der Waals surface area contributed by atoms with Crippen LogP contribution in [0.25, 0.3) is 0 Å². The first-order valence-corrected chi connectivity index (χ1v) is 8.16. The van der Waals surface area contributed by atoms with E-state index in [1.807, 2.05) is 24.3 Å². The number of aliphatic hydroxyl groups is 2. The Kier molecular flexibility index (Phi) is 6.96. The van der Waals surface area contributed by atoms with Crippen LogP contribution in [0.4, 0.5) is 5.69 Å². The molecule has 3 N–H and O–H groups in total. The fourth-order valence-electron chi connectivity index (χ4n) is 2.45. The quantitative estimate of drug-likeness (QED) is 0.644. The van der Waals surface area contributed by atoms with Crippen LogP contribution in [0, 0.1) is 0 Å². The van der Waals surface area contributed by atoms with E-state index in [-0.39, 0.29) is 12.8 Å². The van der Waals surface area contributed by atoms with Crippen LogP contribution in [0.5, 0.6) is 5.75 Å². The van der Waals surface area contributed by atoms with E-state index in [9.17, 15) is 10.2 Å². The van der Waals surface area contributed by atoms with E-state index in [1.165, 1.54) is 19.3 Å². The first kappa shape index (κ1) is 17.1. The van der Waals surface area contributed by atoms with Crippen molar-refractivity contribution >= 4 is 5.69 Å². The Labute approximate surface area is 132 Å². The van der Waals surface area contributed by atoms with Gasteiger partial charge in [0.05, 0.1) is 19.3 Å². The van der Waals surface area contributed by atoms with E-state index in [4.69, 9.17) is 9.47 Å². The lowest BCUT2D eigenvalue weighted by atomic mass is 10.1. The van der Waals surface area contributed by atoms with Crippen molar-refractivity contribution < 1.29 is 19.7 Å². The van der Waals surface area contributed by atoms with Gasteiger partial charge in [-0.3, -0.25) is 0 Å². The molecule has 0 aliphatic carbocycles. The van der Waals surface area contributed by atoms with Gasteiger partial charge in [-0.05, 0) is 18.6 Å². The summed E-state index contributed by atoms with van der Waals surface area (Å²) in [6, 6.07) is 7.73. The van der Waals surface area contributed by atoms with Crippen LogP contribution in [0.1, 0.15) is 39.0 Å². The van der Waals surface area contributed by atoms with Gasteiger partial charge in [0.15, 0.2) is 0 Å². The van der Waals surface area contributed by atoms with Crippen LogP contribution in [-0.2, 0) is 4.74 Å². The van der Waals surface area contributed by atoms with Crippen molar-refractivity contribution in [3.05, 3.63) is 24.3 Å². The summed E-state index contributed by atoms with van der Waals surface area (Å²) in [5.41, 5.74) is 0.889. The smallest absolute Gasteiger partial charge is 0.130 e. The average Bonchev–Trinajstić information content (AvgIpc) is 2.51. The largest absolute Gasteiger partial charge is 0.494 e. The fraction of sp³-hybridized carbons (Fsp3) is 0.647. The van der Waals surface area contributed by atoms with Crippen molar-refractivity contribution in [3.8, 4) is 5.75 Å². The summed E-state index contributed by atoms with van der Waals surface area (Å²) in [5, 5.41) is 22.3. The molecular weight excluding hydrogens is 282 g/mol. The van der Waals surface area contributed by atoms with Crippen LogP contribution in [-0.4, -0.2) is 41.9 Å². The fourth-order valence-corrected chi connectivity index (χ4v) is 2.45. The lowest BCUT2D eigenvalue weighted by Gasteiger charge is -2.31. The molecule has 0 spiro atoms. The monoisotopic (exact) mass is 309 g/mol. The van der Waals surface area contributed by atoms with Gasteiger partial charge in [-0.2, -0.15) is 0 Å². The molecule has 0 radical (unpaired) electrons. The van der Waals surface area contributed by atoms with Gasteiger partial charge >= 0.3 is 0 Å². The molecule has 5 nitrogen and oxygen atoms in total. The van der Waals surface area contributed by atoms with E-state index >= 15 is 0 Å². The molecule has 22 heavy (non-hydrogen) atoms. The number of ether oxygens (including phenoxy) is 2. The molecule has 2 rings (SSSR count). The number of anilines is 1. The second kappa shape index (κ2) is 8.98. The summed E-state index contributed by atoms with van der Waals surface area (Å²) in [6.45, 7) is 3.07. The predicted molar refractivity (Wildman–Crippen MR) is 86.1 cm³/mol. The Morgan fingerprint density at radius 1 is 1.23 bits per heavy atom. The predicted octanol–water partition coefficient (Wildman–Crippen LogP) is 2.53.